The molecule has 78 valence electrons. The van der Waals surface area contributed by atoms with E-state index in [1.165, 1.54) is 0 Å². The molecule has 1 heterocycles. The van der Waals surface area contributed by atoms with Crippen LogP contribution in [0, 0.1) is 6.92 Å². The molecule has 15 heavy (non-hydrogen) atoms. The Morgan fingerprint density at radius 3 is 2.60 bits per heavy atom. The van der Waals surface area contributed by atoms with Crippen molar-refractivity contribution in [1.82, 2.24) is 9.78 Å². The zero-order chi connectivity index (χ0) is 11.0. The Kier molecular flexibility index (Phi) is 2.40. The Hall–Kier alpha value is -1.48. The van der Waals surface area contributed by atoms with Crippen molar-refractivity contribution in [2.24, 2.45) is 7.05 Å². The topological polar surface area (TPSA) is 43.8 Å². The first-order valence-corrected chi connectivity index (χ1v) is 5.01. The summed E-state index contributed by atoms with van der Waals surface area (Å²) in [6.07, 6.45) is 1.95. The van der Waals surface area contributed by atoms with Crippen LogP contribution in [0.5, 0.6) is 0 Å². The first kappa shape index (κ1) is 10.1. The maximum atomic E-state index is 6.13. The Balaban J connectivity index is 2.59. The van der Waals surface area contributed by atoms with Gasteiger partial charge in [0.2, 0.25) is 0 Å². The van der Waals surface area contributed by atoms with Crippen LogP contribution in [0.1, 0.15) is 5.69 Å². The average Bonchev–Trinajstić information content (AvgIpc) is 2.45. The molecule has 2 N–H and O–H groups in total. The van der Waals surface area contributed by atoms with Crippen LogP contribution in [0.2, 0.25) is 5.02 Å². The fraction of sp³-hybridized carbons (Fsp3) is 0.182. The van der Waals surface area contributed by atoms with E-state index in [9.17, 15) is 0 Å². The molecule has 0 fully saturated rings. The number of halogens is 1. The van der Waals surface area contributed by atoms with E-state index in [1.54, 1.807) is 10.7 Å². The summed E-state index contributed by atoms with van der Waals surface area (Å²) in [6, 6.07) is 5.51. The van der Waals surface area contributed by atoms with Crippen LogP contribution in [0.15, 0.2) is 24.4 Å². The molecule has 0 aliphatic heterocycles. The van der Waals surface area contributed by atoms with Gasteiger partial charge in [-0.05, 0) is 19.1 Å². The lowest BCUT2D eigenvalue weighted by Gasteiger charge is -2.03. The van der Waals surface area contributed by atoms with E-state index in [-0.39, 0.29) is 0 Å². The van der Waals surface area contributed by atoms with Gasteiger partial charge >= 0.3 is 0 Å². The van der Waals surface area contributed by atoms with Crippen LogP contribution in [0.4, 0.5) is 5.69 Å². The minimum Gasteiger partial charge on any atom is -0.399 e. The van der Waals surface area contributed by atoms with Gasteiger partial charge in [0.05, 0.1) is 10.7 Å². The molecule has 0 spiro atoms. The van der Waals surface area contributed by atoms with Crippen LogP contribution in [0.25, 0.3) is 11.1 Å². The van der Waals surface area contributed by atoms with Crippen molar-refractivity contribution in [2.75, 3.05) is 5.73 Å². The minimum atomic E-state index is 0.658. The van der Waals surface area contributed by atoms with Crippen molar-refractivity contribution < 1.29 is 0 Å². The SMILES string of the molecule is Cc1nn(C)cc1-c1ccc(N)cc1Cl. The molecular weight excluding hydrogens is 210 g/mol. The van der Waals surface area contributed by atoms with Crippen molar-refractivity contribution in [3.63, 3.8) is 0 Å². The van der Waals surface area contributed by atoms with E-state index in [4.69, 9.17) is 17.3 Å². The van der Waals surface area contributed by atoms with E-state index in [1.807, 2.05) is 32.3 Å². The summed E-state index contributed by atoms with van der Waals surface area (Å²) in [6.45, 7) is 1.96. The standard InChI is InChI=1S/C11H12ClN3/c1-7-10(6-15(2)14-7)9-4-3-8(13)5-11(9)12/h3-6H,13H2,1-2H3. The average molecular weight is 222 g/mol. The molecule has 2 rings (SSSR count). The second kappa shape index (κ2) is 3.59. The predicted octanol–water partition coefficient (Wildman–Crippen LogP) is 2.63. The van der Waals surface area contributed by atoms with Crippen molar-refractivity contribution in [3.05, 3.63) is 35.1 Å². The quantitative estimate of drug-likeness (QED) is 0.753. The van der Waals surface area contributed by atoms with Gasteiger partial charge < -0.3 is 5.73 Å². The molecule has 0 unspecified atom stereocenters. The number of hydrogen-bond acceptors (Lipinski definition) is 2. The number of hydrogen-bond donors (Lipinski definition) is 1. The van der Waals surface area contributed by atoms with E-state index < -0.39 is 0 Å². The number of rotatable bonds is 1. The largest absolute Gasteiger partial charge is 0.399 e. The second-order valence-electron chi connectivity index (χ2n) is 3.54. The smallest absolute Gasteiger partial charge is 0.0672 e. The van der Waals surface area contributed by atoms with Gasteiger partial charge in [-0.3, -0.25) is 4.68 Å². The van der Waals surface area contributed by atoms with Gasteiger partial charge in [-0.25, -0.2) is 0 Å². The minimum absolute atomic E-state index is 0.658. The Labute approximate surface area is 93.5 Å². The first-order valence-electron chi connectivity index (χ1n) is 4.63. The second-order valence-corrected chi connectivity index (χ2v) is 3.95. The van der Waals surface area contributed by atoms with E-state index in [0.717, 1.165) is 16.8 Å². The highest BCUT2D eigenvalue weighted by atomic mass is 35.5. The highest BCUT2D eigenvalue weighted by molar-refractivity contribution is 6.33. The summed E-state index contributed by atoms with van der Waals surface area (Å²) in [4.78, 5) is 0. The third kappa shape index (κ3) is 1.83. The molecular formula is C11H12ClN3. The Morgan fingerprint density at radius 2 is 2.07 bits per heavy atom. The molecule has 0 radical (unpaired) electrons. The summed E-state index contributed by atoms with van der Waals surface area (Å²) in [7, 11) is 1.89. The number of nitrogens with two attached hydrogens (primary N) is 1. The van der Waals surface area contributed by atoms with Crippen LogP contribution >= 0.6 is 11.6 Å². The van der Waals surface area contributed by atoms with Gasteiger partial charge in [0.15, 0.2) is 0 Å². The fourth-order valence-corrected chi connectivity index (χ4v) is 1.90. The van der Waals surface area contributed by atoms with Crippen LogP contribution in [-0.4, -0.2) is 9.78 Å². The maximum absolute atomic E-state index is 6.13. The highest BCUT2D eigenvalue weighted by Gasteiger charge is 2.09. The van der Waals surface area contributed by atoms with E-state index >= 15 is 0 Å². The van der Waals surface area contributed by atoms with Crippen molar-refractivity contribution in [3.8, 4) is 11.1 Å². The first-order chi connectivity index (χ1) is 7.08. The lowest BCUT2D eigenvalue weighted by molar-refractivity contribution is 0.756. The van der Waals surface area contributed by atoms with Crippen LogP contribution in [0.3, 0.4) is 0 Å². The molecule has 1 aromatic carbocycles. The molecule has 0 aliphatic carbocycles. The van der Waals surface area contributed by atoms with Gasteiger partial charge in [0, 0.05) is 30.1 Å². The van der Waals surface area contributed by atoms with Gasteiger partial charge in [-0.15, -0.1) is 0 Å². The van der Waals surface area contributed by atoms with E-state index in [0.29, 0.717) is 10.7 Å². The van der Waals surface area contributed by atoms with Gasteiger partial charge in [0.1, 0.15) is 0 Å². The fourth-order valence-electron chi connectivity index (χ4n) is 1.61. The van der Waals surface area contributed by atoms with Crippen LogP contribution in [-0.2, 0) is 7.05 Å². The third-order valence-corrected chi connectivity index (χ3v) is 2.61. The number of aromatic nitrogens is 2. The summed E-state index contributed by atoms with van der Waals surface area (Å²) in [5.41, 5.74) is 9.29. The maximum Gasteiger partial charge on any atom is 0.0672 e. The normalized spacial score (nSPS) is 10.6. The van der Waals surface area contributed by atoms with Crippen molar-refractivity contribution in [2.45, 2.75) is 6.92 Å². The van der Waals surface area contributed by atoms with E-state index in [2.05, 4.69) is 5.10 Å². The third-order valence-electron chi connectivity index (χ3n) is 2.30. The van der Waals surface area contributed by atoms with Crippen molar-refractivity contribution >= 4 is 17.3 Å². The molecule has 2 aromatic rings. The zero-order valence-corrected chi connectivity index (χ0v) is 9.42. The molecule has 1 aromatic heterocycles. The monoisotopic (exact) mass is 221 g/mol. The molecule has 0 saturated heterocycles. The molecule has 0 bridgehead atoms. The zero-order valence-electron chi connectivity index (χ0n) is 8.66. The molecule has 0 saturated carbocycles. The van der Waals surface area contributed by atoms with Gasteiger partial charge in [0.25, 0.3) is 0 Å². The van der Waals surface area contributed by atoms with Crippen molar-refractivity contribution in [1.29, 1.82) is 0 Å². The summed E-state index contributed by atoms with van der Waals surface area (Å²) in [5, 5.41) is 4.94. The van der Waals surface area contributed by atoms with Gasteiger partial charge in [-0.2, -0.15) is 5.10 Å². The Morgan fingerprint density at radius 1 is 1.33 bits per heavy atom. The Bertz CT molecular complexity index is 503. The molecule has 0 atom stereocenters. The number of nitrogens with zero attached hydrogens (tertiary/aromatic N) is 2. The molecule has 3 nitrogen and oxygen atoms in total. The molecule has 0 amide bonds. The molecule has 0 aliphatic rings. The lowest BCUT2D eigenvalue weighted by atomic mass is 10.1. The number of anilines is 1. The highest BCUT2D eigenvalue weighted by Crippen LogP contribution is 2.30. The number of benzene rings is 1. The van der Waals surface area contributed by atoms with Gasteiger partial charge in [-0.1, -0.05) is 17.7 Å². The summed E-state index contributed by atoms with van der Waals surface area (Å²) in [5.74, 6) is 0. The predicted molar refractivity (Wildman–Crippen MR) is 62.8 cm³/mol. The van der Waals surface area contributed by atoms with Crippen LogP contribution < -0.4 is 5.73 Å². The number of nitrogen functional groups attached to an aromatic ring is 1. The number of aryl methyl sites for hydroxylation is 2. The summed E-state index contributed by atoms with van der Waals surface area (Å²) < 4.78 is 1.78. The molecule has 4 heteroatoms. The summed E-state index contributed by atoms with van der Waals surface area (Å²) >= 11 is 6.13. The lowest BCUT2D eigenvalue weighted by Crippen LogP contribution is -1.86.